The number of hydrogen-bond donors (Lipinski definition) is 1. The number of carbonyl (C=O) groups excluding carboxylic acids is 1. The molecular weight excluding hydrogens is 292 g/mol. The first kappa shape index (κ1) is 15.1. The molecule has 5 nitrogen and oxygen atoms in total. The normalized spacial score (nSPS) is 12.3. The van der Waals surface area contributed by atoms with E-state index in [1.807, 2.05) is 6.92 Å². The summed E-state index contributed by atoms with van der Waals surface area (Å²) in [7, 11) is 0. The number of nitrogens with one attached hydrogen (secondary N) is 1. The third-order valence-corrected chi connectivity index (χ3v) is 2.95. The van der Waals surface area contributed by atoms with Gasteiger partial charge in [-0.15, -0.1) is 0 Å². The lowest BCUT2D eigenvalue weighted by molar-refractivity contribution is -0.127. The summed E-state index contributed by atoms with van der Waals surface area (Å²) in [4.78, 5) is 11.8. The van der Waals surface area contributed by atoms with Gasteiger partial charge in [-0.05, 0) is 49.7 Å². The molecule has 1 aromatic carbocycles. The molecule has 0 aliphatic rings. The van der Waals surface area contributed by atoms with Crippen LogP contribution >= 0.6 is 11.6 Å². The molecule has 0 spiro atoms. The van der Waals surface area contributed by atoms with E-state index < -0.39 is 6.10 Å². The minimum absolute atomic E-state index is 0.354. The van der Waals surface area contributed by atoms with E-state index in [9.17, 15) is 4.79 Å². The molecule has 0 aliphatic heterocycles. The lowest BCUT2D eigenvalue weighted by atomic mass is 10.2. The molecule has 0 saturated carbocycles. The standard InChI is InChI=1S/C15H15ClN2O3/c1-10-8-12(16)5-6-14(10)21-11(2)15(19)18-17-9-13-4-3-7-20-13/h3-9,11H,1-2H3,(H,18,19). The van der Waals surface area contributed by atoms with Crippen LogP contribution in [0.4, 0.5) is 0 Å². The fraction of sp³-hybridized carbons (Fsp3) is 0.200. The van der Waals surface area contributed by atoms with Crippen LogP contribution in [0.1, 0.15) is 18.2 Å². The predicted octanol–water partition coefficient (Wildman–Crippen LogP) is 3.16. The maximum Gasteiger partial charge on any atom is 0.280 e. The molecular formula is C15H15ClN2O3. The zero-order valence-electron chi connectivity index (χ0n) is 11.7. The second-order valence-electron chi connectivity index (χ2n) is 4.42. The SMILES string of the molecule is Cc1cc(Cl)ccc1OC(C)C(=O)NN=Cc1ccco1. The smallest absolute Gasteiger partial charge is 0.280 e. The summed E-state index contributed by atoms with van der Waals surface area (Å²) in [6.07, 6.45) is 2.26. The third-order valence-electron chi connectivity index (χ3n) is 2.72. The van der Waals surface area contributed by atoms with Crippen molar-refractivity contribution < 1.29 is 13.9 Å². The Morgan fingerprint density at radius 1 is 1.48 bits per heavy atom. The van der Waals surface area contributed by atoms with Gasteiger partial charge in [-0.3, -0.25) is 4.79 Å². The summed E-state index contributed by atoms with van der Waals surface area (Å²) in [5.41, 5.74) is 3.25. The van der Waals surface area contributed by atoms with Gasteiger partial charge < -0.3 is 9.15 Å². The van der Waals surface area contributed by atoms with Crippen LogP contribution in [0.5, 0.6) is 5.75 Å². The van der Waals surface area contributed by atoms with E-state index in [-0.39, 0.29) is 5.91 Å². The van der Waals surface area contributed by atoms with E-state index in [4.69, 9.17) is 20.8 Å². The molecule has 2 aromatic rings. The average molecular weight is 307 g/mol. The zero-order valence-corrected chi connectivity index (χ0v) is 12.4. The number of ether oxygens (including phenoxy) is 1. The number of amides is 1. The molecule has 1 heterocycles. The van der Waals surface area contributed by atoms with E-state index >= 15 is 0 Å². The van der Waals surface area contributed by atoms with Crippen LogP contribution in [0.2, 0.25) is 5.02 Å². The predicted molar refractivity (Wildman–Crippen MR) is 80.7 cm³/mol. The van der Waals surface area contributed by atoms with Crippen LogP contribution in [-0.2, 0) is 4.79 Å². The number of furan rings is 1. The summed E-state index contributed by atoms with van der Waals surface area (Å²) < 4.78 is 10.6. The van der Waals surface area contributed by atoms with E-state index in [0.717, 1.165) is 5.56 Å². The van der Waals surface area contributed by atoms with Gasteiger partial charge in [-0.2, -0.15) is 5.10 Å². The molecule has 0 bridgehead atoms. The topological polar surface area (TPSA) is 63.8 Å². The molecule has 1 N–H and O–H groups in total. The fourth-order valence-corrected chi connectivity index (χ4v) is 1.83. The molecule has 110 valence electrons. The number of aryl methyl sites for hydroxylation is 1. The van der Waals surface area contributed by atoms with Gasteiger partial charge in [0.25, 0.3) is 5.91 Å². The Morgan fingerprint density at radius 2 is 2.29 bits per heavy atom. The molecule has 21 heavy (non-hydrogen) atoms. The molecule has 2 rings (SSSR count). The summed E-state index contributed by atoms with van der Waals surface area (Å²) in [6, 6.07) is 8.68. The Hall–Kier alpha value is -2.27. The summed E-state index contributed by atoms with van der Waals surface area (Å²) in [6.45, 7) is 3.51. The van der Waals surface area contributed by atoms with Crippen molar-refractivity contribution in [2.45, 2.75) is 20.0 Å². The number of halogens is 1. The molecule has 1 unspecified atom stereocenters. The maximum atomic E-state index is 11.8. The van der Waals surface area contributed by atoms with Gasteiger partial charge in [0.2, 0.25) is 0 Å². The Balaban J connectivity index is 1.90. The Bertz CT molecular complexity index is 638. The summed E-state index contributed by atoms with van der Waals surface area (Å²) in [5.74, 6) is 0.807. The number of nitrogens with zero attached hydrogens (tertiary/aromatic N) is 1. The minimum atomic E-state index is -0.682. The van der Waals surface area contributed by atoms with Crippen LogP contribution in [0.15, 0.2) is 46.1 Å². The van der Waals surface area contributed by atoms with Crippen LogP contribution < -0.4 is 10.2 Å². The van der Waals surface area contributed by atoms with Crippen LogP contribution in [0.3, 0.4) is 0 Å². The molecule has 1 atom stereocenters. The van der Waals surface area contributed by atoms with Crippen molar-refractivity contribution in [2.75, 3.05) is 0 Å². The van der Waals surface area contributed by atoms with Gasteiger partial charge in [0, 0.05) is 5.02 Å². The van der Waals surface area contributed by atoms with Gasteiger partial charge in [0.15, 0.2) is 6.10 Å². The second kappa shape index (κ2) is 6.95. The lowest BCUT2D eigenvalue weighted by Crippen LogP contribution is -2.33. The average Bonchev–Trinajstić information content (AvgIpc) is 2.95. The number of benzene rings is 1. The molecule has 0 saturated heterocycles. The molecule has 0 radical (unpaired) electrons. The quantitative estimate of drug-likeness (QED) is 0.681. The van der Waals surface area contributed by atoms with Crippen molar-refractivity contribution in [1.82, 2.24) is 5.43 Å². The highest BCUT2D eigenvalue weighted by atomic mass is 35.5. The molecule has 6 heteroatoms. The summed E-state index contributed by atoms with van der Waals surface area (Å²) in [5, 5.41) is 4.42. The Kier molecular flexibility index (Phi) is 5.00. The van der Waals surface area contributed by atoms with Gasteiger partial charge in [0.1, 0.15) is 11.5 Å². The minimum Gasteiger partial charge on any atom is -0.481 e. The number of hydrazone groups is 1. The molecule has 1 aromatic heterocycles. The van der Waals surface area contributed by atoms with E-state index in [2.05, 4.69) is 10.5 Å². The Labute approximate surface area is 127 Å². The van der Waals surface area contributed by atoms with Crippen molar-refractivity contribution in [3.05, 3.63) is 52.9 Å². The highest BCUT2D eigenvalue weighted by Crippen LogP contribution is 2.22. The second-order valence-corrected chi connectivity index (χ2v) is 4.86. The maximum absolute atomic E-state index is 11.8. The first-order valence-corrected chi connectivity index (χ1v) is 6.73. The molecule has 0 aliphatic carbocycles. The zero-order chi connectivity index (χ0) is 15.2. The number of hydrogen-bond acceptors (Lipinski definition) is 4. The van der Waals surface area contributed by atoms with Gasteiger partial charge >= 0.3 is 0 Å². The van der Waals surface area contributed by atoms with Crippen molar-refractivity contribution in [1.29, 1.82) is 0 Å². The van der Waals surface area contributed by atoms with Crippen molar-refractivity contribution >= 4 is 23.7 Å². The van der Waals surface area contributed by atoms with Crippen LogP contribution in [-0.4, -0.2) is 18.2 Å². The lowest BCUT2D eigenvalue weighted by Gasteiger charge is -2.14. The Morgan fingerprint density at radius 3 is 2.95 bits per heavy atom. The monoisotopic (exact) mass is 306 g/mol. The van der Waals surface area contributed by atoms with Gasteiger partial charge in [0.05, 0.1) is 12.5 Å². The molecule has 0 fully saturated rings. The summed E-state index contributed by atoms with van der Waals surface area (Å²) >= 11 is 5.87. The van der Waals surface area contributed by atoms with Crippen molar-refractivity contribution in [3.63, 3.8) is 0 Å². The van der Waals surface area contributed by atoms with Gasteiger partial charge in [-0.1, -0.05) is 11.6 Å². The third kappa shape index (κ3) is 4.36. The molecule has 1 amide bonds. The highest BCUT2D eigenvalue weighted by molar-refractivity contribution is 6.30. The van der Waals surface area contributed by atoms with Crippen molar-refractivity contribution in [2.24, 2.45) is 5.10 Å². The van der Waals surface area contributed by atoms with Crippen molar-refractivity contribution in [3.8, 4) is 5.75 Å². The number of carbonyl (C=O) groups is 1. The first-order chi connectivity index (χ1) is 10.1. The van der Waals surface area contributed by atoms with Crippen LogP contribution in [0, 0.1) is 6.92 Å². The first-order valence-electron chi connectivity index (χ1n) is 6.35. The largest absolute Gasteiger partial charge is 0.481 e. The fourth-order valence-electron chi connectivity index (χ4n) is 1.60. The van der Waals surface area contributed by atoms with E-state index in [1.54, 1.807) is 37.3 Å². The van der Waals surface area contributed by atoms with E-state index in [0.29, 0.717) is 16.5 Å². The van der Waals surface area contributed by atoms with Crippen LogP contribution in [0.25, 0.3) is 0 Å². The number of rotatable bonds is 5. The van der Waals surface area contributed by atoms with Gasteiger partial charge in [-0.25, -0.2) is 5.43 Å². The van der Waals surface area contributed by atoms with E-state index in [1.165, 1.54) is 12.5 Å². The highest BCUT2D eigenvalue weighted by Gasteiger charge is 2.15.